The zero-order valence-electron chi connectivity index (χ0n) is 8.89. The average molecular weight is 278 g/mol. The fourth-order valence-corrected chi connectivity index (χ4v) is 1.68. The molecule has 3 N–H and O–H groups in total. The van der Waals surface area contributed by atoms with Gasteiger partial charge in [0.1, 0.15) is 5.69 Å². The Morgan fingerprint density at radius 2 is 2.29 bits per heavy atom. The number of nitrogens with one attached hydrogen (secondary N) is 2. The van der Waals surface area contributed by atoms with E-state index in [1.807, 2.05) is 0 Å². The zero-order valence-corrected chi connectivity index (χ0v) is 10.5. The molecule has 1 amide bonds. The van der Waals surface area contributed by atoms with Gasteiger partial charge < -0.3 is 15.7 Å². The van der Waals surface area contributed by atoms with Gasteiger partial charge in [0, 0.05) is 19.3 Å². The zero-order chi connectivity index (χ0) is 11.5. The van der Waals surface area contributed by atoms with E-state index in [0.717, 1.165) is 0 Å². The Morgan fingerprint density at radius 1 is 1.53 bits per heavy atom. The molecule has 0 bridgehead atoms. The minimum Gasteiger partial charge on any atom is -0.390 e. The maximum atomic E-state index is 11.7. The van der Waals surface area contributed by atoms with Gasteiger partial charge in [0.15, 0.2) is 0 Å². The van der Waals surface area contributed by atoms with Crippen molar-refractivity contribution >= 4 is 29.9 Å². The number of nitrogens with zero attached hydrogens (tertiary/aromatic N) is 1. The van der Waals surface area contributed by atoms with E-state index in [0.29, 0.717) is 23.8 Å². The lowest BCUT2D eigenvalue weighted by molar-refractivity contribution is 0.0884. The van der Waals surface area contributed by atoms with Crippen molar-refractivity contribution in [3.8, 4) is 0 Å². The number of pyridine rings is 1. The van der Waals surface area contributed by atoms with Crippen molar-refractivity contribution in [1.29, 1.82) is 0 Å². The lowest BCUT2D eigenvalue weighted by Crippen LogP contribution is -2.42. The second-order valence-electron chi connectivity index (χ2n) is 3.67. The molecule has 2 rings (SSSR count). The minimum absolute atomic E-state index is 0. The van der Waals surface area contributed by atoms with Crippen LogP contribution in [0.2, 0.25) is 5.02 Å². The normalized spacial score (nSPS) is 22.9. The molecular weight excluding hydrogens is 265 g/mol. The Bertz CT molecular complexity index is 386. The molecule has 0 radical (unpaired) electrons. The first kappa shape index (κ1) is 14.2. The van der Waals surface area contributed by atoms with Gasteiger partial charge in [-0.25, -0.2) is 4.98 Å². The van der Waals surface area contributed by atoms with Gasteiger partial charge >= 0.3 is 0 Å². The van der Waals surface area contributed by atoms with Crippen molar-refractivity contribution in [2.45, 2.75) is 12.1 Å². The number of amides is 1. The van der Waals surface area contributed by atoms with E-state index in [4.69, 9.17) is 11.6 Å². The van der Waals surface area contributed by atoms with Crippen LogP contribution in [0.5, 0.6) is 0 Å². The number of aliphatic hydroxyl groups is 1. The topological polar surface area (TPSA) is 74.2 Å². The summed E-state index contributed by atoms with van der Waals surface area (Å²) < 4.78 is 0. The van der Waals surface area contributed by atoms with Crippen LogP contribution in [0.25, 0.3) is 0 Å². The SMILES string of the molecule is Cl.O=C(N[C@@H]1CNC[C@H]1O)c1ccc(Cl)cn1. The van der Waals surface area contributed by atoms with Crippen LogP contribution in [0.1, 0.15) is 10.5 Å². The summed E-state index contributed by atoms with van der Waals surface area (Å²) in [7, 11) is 0. The quantitative estimate of drug-likeness (QED) is 0.723. The highest BCUT2D eigenvalue weighted by Gasteiger charge is 2.26. The second kappa shape index (κ2) is 6.16. The van der Waals surface area contributed by atoms with Crippen LogP contribution in [0.3, 0.4) is 0 Å². The van der Waals surface area contributed by atoms with E-state index in [9.17, 15) is 9.90 Å². The summed E-state index contributed by atoms with van der Waals surface area (Å²) in [6.07, 6.45) is 0.871. The predicted octanol–water partition coefficient (Wildman–Crippen LogP) is 0.219. The van der Waals surface area contributed by atoms with Gasteiger partial charge in [0.05, 0.1) is 17.2 Å². The van der Waals surface area contributed by atoms with E-state index >= 15 is 0 Å². The predicted molar refractivity (Wildman–Crippen MR) is 66.6 cm³/mol. The molecule has 0 unspecified atom stereocenters. The summed E-state index contributed by atoms with van der Waals surface area (Å²) >= 11 is 5.67. The lowest BCUT2D eigenvalue weighted by atomic mass is 10.2. The Balaban J connectivity index is 0.00000144. The molecule has 1 aliphatic heterocycles. The lowest BCUT2D eigenvalue weighted by Gasteiger charge is -2.14. The molecule has 0 aliphatic carbocycles. The number of hydrogen-bond donors (Lipinski definition) is 3. The molecule has 1 saturated heterocycles. The van der Waals surface area contributed by atoms with Crippen LogP contribution >= 0.6 is 24.0 Å². The number of carbonyl (C=O) groups excluding carboxylic acids is 1. The highest BCUT2D eigenvalue weighted by atomic mass is 35.5. The number of halogens is 2. The van der Waals surface area contributed by atoms with Crippen molar-refractivity contribution in [3.05, 3.63) is 29.0 Å². The average Bonchev–Trinajstić information content (AvgIpc) is 2.65. The van der Waals surface area contributed by atoms with Crippen LogP contribution in [-0.4, -0.2) is 41.2 Å². The molecule has 5 nitrogen and oxygen atoms in total. The number of hydrogen-bond acceptors (Lipinski definition) is 4. The first-order valence-electron chi connectivity index (χ1n) is 4.98. The first-order chi connectivity index (χ1) is 7.66. The summed E-state index contributed by atoms with van der Waals surface area (Å²) in [5.74, 6) is -0.301. The van der Waals surface area contributed by atoms with Gasteiger partial charge in [-0.2, -0.15) is 0 Å². The van der Waals surface area contributed by atoms with Gasteiger partial charge in [-0.1, -0.05) is 11.6 Å². The van der Waals surface area contributed by atoms with Gasteiger partial charge in [0.25, 0.3) is 5.91 Å². The fraction of sp³-hybridized carbons (Fsp3) is 0.400. The third-order valence-electron chi connectivity index (χ3n) is 2.46. The maximum absolute atomic E-state index is 11.7. The molecule has 1 aliphatic rings. The smallest absolute Gasteiger partial charge is 0.270 e. The van der Waals surface area contributed by atoms with Gasteiger partial charge in [-0.3, -0.25) is 4.79 Å². The molecule has 0 spiro atoms. The van der Waals surface area contributed by atoms with E-state index < -0.39 is 6.10 Å². The van der Waals surface area contributed by atoms with Crippen molar-refractivity contribution in [3.63, 3.8) is 0 Å². The monoisotopic (exact) mass is 277 g/mol. The van der Waals surface area contributed by atoms with Gasteiger partial charge in [-0.05, 0) is 12.1 Å². The molecule has 17 heavy (non-hydrogen) atoms. The minimum atomic E-state index is -0.545. The number of aliphatic hydroxyl groups excluding tert-OH is 1. The van der Waals surface area contributed by atoms with E-state index in [2.05, 4.69) is 15.6 Å². The fourth-order valence-electron chi connectivity index (χ4n) is 1.56. The summed E-state index contributed by atoms with van der Waals surface area (Å²) in [5.41, 5.74) is 0.295. The Hall–Kier alpha value is -0.880. The molecule has 1 aromatic rings. The van der Waals surface area contributed by atoms with Crippen LogP contribution in [0.15, 0.2) is 18.3 Å². The van der Waals surface area contributed by atoms with Crippen molar-refractivity contribution < 1.29 is 9.90 Å². The van der Waals surface area contributed by atoms with E-state index in [-0.39, 0.29) is 24.4 Å². The van der Waals surface area contributed by atoms with Gasteiger partial charge in [-0.15, -0.1) is 12.4 Å². The van der Waals surface area contributed by atoms with Crippen LogP contribution in [0.4, 0.5) is 0 Å². The molecule has 94 valence electrons. The summed E-state index contributed by atoms with van der Waals surface area (Å²) in [6, 6.07) is 2.89. The molecule has 0 saturated carbocycles. The van der Waals surface area contributed by atoms with Crippen molar-refractivity contribution in [2.75, 3.05) is 13.1 Å². The number of rotatable bonds is 2. The number of aromatic nitrogens is 1. The Morgan fingerprint density at radius 3 is 2.82 bits per heavy atom. The van der Waals surface area contributed by atoms with Crippen LogP contribution in [-0.2, 0) is 0 Å². The Labute approximate surface area is 110 Å². The third kappa shape index (κ3) is 3.54. The van der Waals surface area contributed by atoms with Crippen molar-refractivity contribution in [2.24, 2.45) is 0 Å². The van der Waals surface area contributed by atoms with Crippen molar-refractivity contribution in [1.82, 2.24) is 15.6 Å². The standard InChI is InChI=1S/C10H12ClN3O2.ClH/c11-6-1-2-7(13-3-6)10(16)14-8-4-12-5-9(8)15;/h1-3,8-9,12,15H,4-5H2,(H,14,16);1H/t8-,9-;/m1./s1. The van der Waals surface area contributed by atoms with E-state index in [1.165, 1.54) is 6.20 Å². The molecular formula is C10H13Cl2N3O2. The second-order valence-corrected chi connectivity index (χ2v) is 4.10. The molecule has 2 atom stereocenters. The summed E-state index contributed by atoms with van der Waals surface area (Å²) in [5, 5.41) is 15.7. The number of carbonyl (C=O) groups is 1. The molecule has 0 aromatic carbocycles. The van der Waals surface area contributed by atoms with Crippen LogP contribution < -0.4 is 10.6 Å². The highest BCUT2D eigenvalue weighted by Crippen LogP contribution is 2.07. The van der Waals surface area contributed by atoms with E-state index in [1.54, 1.807) is 12.1 Å². The number of β-amino-alcohol motifs (C(OH)–C–C–N with tert-alkyl or cyclic N) is 1. The maximum Gasteiger partial charge on any atom is 0.270 e. The first-order valence-corrected chi connectivity index (χ1v) is 5.36. The molecule has 2 heterocycles. The molecule has 1 fully saturated rings. The molecule has 1 aromatic heterocycles. The third-order valence-corrected chi connectivity index (χ3v) is 2.68. The largest absolute Gasteiger partial charge is 0.390 e. The molecule has 7 heteroatoms. The summed E-state index contributed by atoms with van der Waals surface area (Å²) in [6.45, 7) is 1.07. The van der Waals surface area contributed by atoms with Gasteiger partial charge in [0.2, 0.25) is 0 Å². The van der Waals surface area contributed by atoms with Crippen LogP contribution in [0, 0.1) is 0 Å². The highest BCUT2D eigenvalue weighted by molar-refractivity contribution is 6.30. The summed E-state index contributed by atoms with van der Waals surface area (Å²) in [4.78, 5) is 15.6. The Kier molecular flexibility index (Phi) is 5.14.